The van der Waals surface area contributed by atoms with Crippen molar-refractivity contribution in [2.24, 2.45) is 0 Å². The Morgan fingerprint density at radius 2 is 1.75 bits per heavy atom. The Labute approximate surface area is 185 Å². The quantitative estimate of drug-likeness (QED) is 0.524. The predicted octanol–water partition coefficient (Wildman–Crippen LogP) is 3.68. The van der Waals surface area contributed by atoms with Crippen LogP contribution in [0.15, 0.2) is 40.9 Å². The minimum Gasteiger partial charge on any atom is -0.494 e. The van der Waals surface area contributed by atoms with E-state index in [0.29, 0.717) is 54.1 Å². The van der Waals surface area contributed by atoms with Crippen molar-refractivity contribution in [3.8, 4) is 34.4 Å². The van der Waals surface area contributed by atoms with Crippen molar-refractivity contribution in [1.82, 2.24) is 10.1 Å². The van der Waals surface area contributed by atoms with Crippen molar-refractivity contribution >= 4 is 11.6 Å². The second-order valence-electron chi connectivity index (χ2n) is 7.20. The van der Waals surface area contributed by atoms with Gasteiger partial charge in [0.25, 0.3) is 0 Å². The summed E-state index contributed by atoms with van der Waals surface area (Å²) in [7, 11) is 4.63. The number of hydrogen-bond acceptors (Lipinski definition) is 8. The lowest BCUT2D eigenvalue weighted by atomic mass is 10.1. The van der Waals surface area contributed by atoms with Crippen LogP contribution in [0.3, 0.4) is 0 Å². The summed E-state index contributed by atoms with van der Waals surface area (Å²) < 4.78 is 27.1. The van der Waals surface area contributed by atoms with E-state index in [4.69, 9.17) is 23.5 Å². The molecule has 1 saturated heterocycles. The molecule has 2 heterocycles. The van der Waals surface area contributed by atoms with Gasteiger partial charge in [0.2, 0.25) is 23.4 Å². The van der Waals surface area contributed by atoms with Crippen molar-refractivity contribution in [3.05, 3.63) is 42.3 Å². The zero-order valence-corrected chi connectivity index (χ0v) is 18.5. The summed E-state index contributed by atoms with van der Waals surface area (Å²) in [5, 5.41) is 4.11. The van der Waals surface area contributed by atoms with Crippen LogP contribution in [0.25, 0.3) is 11.4 Å². The van der Waals surface area contributed by atoms with Crippen molar-refractivity contribution in [2.75, 3.05) is 39.4 Å². The third kappa shape index (κ3) is 4.05. The molecule has 32 heavy (non-hydrogen) atoms. The first kappa shape index (κ1) is 21.5. The molecular weight excluding hydrogens is 414 g/mol. The van der Waals surface area contributed by atoms with E-state index in [1.165, 1.54) is 0 Å². The van der Waals surface area contributed by atoms with Crippen LogP contribution in [0, 0.1) is 0 Å². The van der Waals surface area contributed by atoms with E-state index in [1.54, 1.807) is 38.4 Å². The standard InChI is InChI=1S/C23H25N3O6/c1-5-31-17-8-6-16(7-9-17)26-13-15(12-20(26)27)23-24-22(25-32-23)14-10-18(28-2)21(30-4)19(11-14)29-3/h6-11,15H,5,12-13H2,1-4H3/t15-/m1/s1. The van der Waals surface area contributed by atoms with Gasteiger partial charge in [-0.15, -0.1) is 0 Å². The summed E-state index contributed by atoms with van der Waals surface area (Å²) in [5.74, 6) is 2.84. The first-order valence-corrected chi connectivity index (χ1v) is 10.2. The molecule has 0 unspecified atom stereocenters. The highest BCUT2D eigenvalue weighted by molar-refractivity contribution is 5.96. The maximum atomic E-state index is 12.6. The van der Waals surface area contributed by atoms with Gasteiger partial charge in [-0.3, -0.25) is 4.79 Å². The molecule has 9 heteroatoms. The van der Waals surface area contributed by atoms with Gasteiger partial charge in [-0.05, 0) is 43.3 Å². The van der Waals surface area contributed by atoms with E-state index in [2.05, 4.69) is 10.1 Å². The van der Waals surface area contributed by atoms with Crippen molar-refractivity contribution < 1.29 is 28.3 Å². The summed E-state index contributed by atoms with van der Waals surface area (Å²) in [6, 6.07) is 11.0. The fraction of sp³-hybridized carbons (Fsp3) is 0.348. The van der Waals surface area contributed by atoms with Crippen LogP contribution >= 0.6 is 0 Å². The second-order valence-corrected chi connectivity index (χ2v) is 7.20. The van der Waals surface area contributed by atoms with Crippen LogP contribution in [0.2, 0.25) is 0 Å². The lowest BCUT2D eigenvalue weighted by Crippen LogP contribution is -2.24. The van der Waals surface area contributed by atoms with E-state index in [-0.39, 0.29) is 11.8 Å². The summed E-state index contributed by atoms with van der Waals surface area (Å²) in [5.41, 5.74) is 1.47. The number of ether oxygens (including phenoxy) is 4. The fourth-order valence-electron chi connectivity index (χ4n) is 3.74. The molecule has 0 spiro atoms. The van der Waals surface area contributed by atoms with Crippen LogP contribution < -0.4 is 23.8 Å². The minimum atomic E-state index is -0.197. The number of anilines is 1. The van der Waals surface area contributed by atoms with E-state index in [9.17, 15) is 4.79 Å². The third-order valence-corrected chi connectivity index (χ3v) is 5.30. The topological polar surface area (TPSA) is 96.2 Å². The lowest BCUT2D eigenvalue weighted by molar-refractivity contribution is -0.117. The third-order valence-electron chi connectivity index (χ3n) is 5.30. The van der Waals surface area contributed by atoms with E-state index >= 15 is 0 Å². The van der Waals surface area contributed by atoms with Gasteiger partial charge >= 0.3 is 0 Å². The summed E-state index contributed by atoms with van der Waals surface area (Å²) in [4.78, 5) is 18.9. The summed E-state index contributed by atoms with van der Waals surface area (Å²) >= 11 is 0. The first-order chi connectivity index (χ1) is 15.6. The molecule has 1 fully saturated rings. The summed E-state index contributed by atoms with van der Waals surface area (Å²) in [6.07, 6.45) is 0.296. The van der Waals surface area contributed by atoms with Gasteiger partial charge in [0.15, 0.2) is 11.5 Å². The molecule has 168 valence electrons. The molecule has 9 nitrogen and oxygen atoms in total. The normalized spacial score (nSPS) is 15.7. The average molecular weight is 439 g/mol. The lowest BCUT2D eigenvalue weighted by Gasteiger charge is -2.16. The molecule has 1 aromatic heterocycles. The molecule has 0 saturated carbocycles. The number of aromatic nitrogens is 2. The van der Waals surface area contributed by atoms with Crippen LogP contribution in [-0.4, -0.2) is 50.5 Å². The maximum Gasteiger partial charge on any atom is 0.232 e. The molecular formula is C23H25N3O6. The van der Waals surface area contributed by atoms with Gasteiger partial charge in [-0.25, -0.2) is 0 Å². The monoisotopic (exact) mass is 439 g/mol. The zero-order valence-electron chi connectivity index (χ0n) is 18.5. The van der Waals surface area contributed by atoms with Gasteiger partial charge in [0.1, 0.15) is 5.75 Å². The number of nitrogens with zero attached hydrogens (tertiary/aromatic N) is 3. The smallest absolute Gasteiger partial charge is 0.232 e. The fourth-order valence-corrected chi connectivity index (χ4v) is 3.74. The molecule has 1 atom stereocenters. The van der Waals surface area contributed by atoms with Crippen LogP contribution in [-0.2, 0) is 4.79 Å². The van der Waals surface area contributed by atoms with Crippen LogP contribution in [0.4, 0.5) is 5.69 Å². The highest BCUT2D eigenvalue weighted by atomic mass is 16.5. The molecule has 0 radical (unpaired) electrons. The predicted molar refractivity (Wildman–Crippen MR) is 117 cm³/mol. The Balaban J connectivity index is 1.55. The number of hydrogen-bond donors (Lipinski definition) is 0. The van der Waals surface area contributed by atoms with Crippen molar-refractivity contribution in [2.45, 2.75) is 19.3 Å². The molecule has 0 aliphatic carbocycles. The molecule has 1 aliphatic heterocycles. The highest BCUT2D eigenvalue weighted by Gasteiger charge is 2.35. The average Bonchev–Trinajstić information content (AvgIpc) is 3.46. The SMILES string of the molecule is CCOc1ccc(N2C[C@H](c3nc(-c4cc(OC)c(OC)c(OC)c4)no3)CC2=O)cc1. The molecule has 1 amide bonds. The van der Waals surface area contributed by atoms with Gasteiger partial charge in [0, 0.05) is 24.2 Å². The van der Waals surface area contributed by atoms with E-state index in [1.807, 2.05) is 31.2 Å². The molecule has 0 N–H and O–H groups in total. The Kier molecular flexibility index (Phi) is 6.16. The van der Waals surface area contributed by atoms with E-state index in [0.717, 1.165) is 11.4 Å². The molecule has 0 bridgehead atoms. The van der Waals surface area contributed by atoms with Crippen molar-refractivity contribution in [1.29, 1.82) is 0 Å². The van der Waals surface area contributed by atoms with Crippen LogP contribution in [0.1, 0.15) is 25.2 Å². The Morgan fingerprint density at radius 3 is 2.34 bits per heavy atom. The maximum absolute atomic E-state index is 12.6. The number of benzene rings is 2. The number of methoxy groups -OCH3 is 3. The van der Waals surface area contributed by atoms with Gasteiger partial charge in [-0.1, -0.05) is 5.16 Å². The first-order valence-electron chi connectivity index (χ1n) is 10.2. The number of carbonyl (C=O) groups is 1. The number of amides is 1. The van der Waals surface area contributed by atoms with Crippen LogP contribution in [0.5, 0.6) is 23.0 Å². The highest BCUT2D eigenvalue weighted by Crippen LogP contribution is 2.41. The molecule has 2 aromatic carbocycles. The Morgan fingerprint density at radius 1 is 1.06 bits per heavy atom. The Hall–Kier alpha value is -3.75. The molecule has 1 aliphatic rings. The largest absolute Gasteiger partial charge is 0.494 e. The minimum absolute atomic E-state index is 0.00620. The number of rotatable bonds is 8. The number of carbonyl (C=O) groups excluding carboxylic acids is 1. The second kappa shape index (κ2) is 9.17. The van der Waals surface area contributed by atoms with Gasteiger partial charge in [-0.2, -0.15) is 4.98 Å². The van der Waals surface area contributed by atoms with E-state index < -0.39 is 0 Å². The molecule has 4 rings (SSSR count). The van der Waals surface area contributed by atoms with Crippen molar-refractivity contribution in [3.63, 3.8) is 0 Å². The zero-order chi connectivity index (χ0) is 22.7. The van der Waals surface area contributed by atoms with Gasteiger partial charge < -0.3 is 28.4 Å². The summed E-state index contributed by atoms with van der Waals surface area (Å²) in [6.45, 7) is 2.98. The molecule has 3 aromatic rings. The van der Waals surface area contributed by atoms with Gasteiger partial charge in [0.05, 0.1) is 33.9 Å². The Bertz CT molecular complexity index is 1070.